The Balaban J connectivity index is 2.86. The van der Waals surface area contributed by atoms with Crippen LogP contribution in [0, 0.1) is 0 Å². The highest BCUT2D eigenvalue weighted by Gasteiger charge is 2.38. The number of rotatable bonds is 25. The molecule has 17 N–H and O–H groups in total. The van der Waals surface area contributed by atoms with Gasteiger partial charge < -0.3 is 75.3 Å². The first-order chi connectivity index (χ1) is 27.5. The fourth-order valence-electron chi connectivity index (χ4n) is 5.42. The number of guanidine groups is 1. The molecule has 1 fully saturated rings. The molecule has 1 rings (SSSR count). The van der Waals surface area contributed by atoms with Crippen LogP contribution in [0.1, 0.15) is 65.7 Å². The van der Waals surface area contributed by atoms with Gasteiger partial charge in [0, 0.05) is 19.5 Å². The van der Waals surface area contributed by atoms with Crippen molar-refractivity contribution in [2.24, 2.45) is 27.9 Å². The third-order valence-corrected chi connectivity index (χ3v) is 8.55. The van der Waals surface area contributed by atoms with E-state index in [0.29, 0.717) is 6.42 Å². The number of carboxylic acid groups (broad SMARTS) is 2. The summed E-state index contributed by atoms with van der Waals surface area (Å²) >= 11 is 0. The average molecular weight is 842 g/mol. The monoisotopic (exact) mass is 841 g/mol. The minimum atomic E-state index is -1.48. The summed E-state index contributed by atoms with van der Waals surface area (Å²) < 4.78 is 0. The highest BCUT2D eigenvalue weighted by molar-refractivity contribution is 5.97. The zero-order valence-electron chi connectivity index (χ0n) is 32.9. The van der Waals surface area contributed by atoms with E-state index in [1.165, 1.54) is 20.8 Å². The van der Waals surface area contributed by atoms with Crippen molar-refractivity contribution in [3.8, 4) is 0 Å². The quantitative estimate of drug-likeness (QED) is 0.0231. The summed E-state index contributed by atoms with van der Waals surface area (Å²) in [5.74, 6) is -10.3. The number of hydrogen-bond donors (Lipinski definition) is 13. The van der Waals surface area contributed by atoms with E-state index < -0.39 is 127 Å². The Morgan fingerprint density at radius 2 is 1.27 bits per heavy atom. The van der Waals surface area contributed by atoms with Gasteiger partial charge in [-0.15, -0.1) is 0 Å². The van der Waals surface area contributed by atoms with Crippen LogP contribution in [0.4, 0.5) is 0 Å². The number of carbonyl (C=O) groups excluding carboxylic acids is 9. The van der Waals surface area contributed by atoms with Gasteiger partial charge in [-0.1, -0.05) is 0 Å². The summed E-state index contributed by atoms with van der Waals surface area (Å²) in [5.41, 5.74) is 21.5. The maximum atomic E-state index is 13.6. The third-order valence-electron chi connectivity index (χ3n) is 8.55. The van der Waals surface area contributed by atoms with E-state index in [1.54, 1.807) is 0 Å². The largest absolute Gasteiger partial charge is 0.481 e. The number of carboxylic acids is 2. The molecular weight excluding hydrogens is 786 g/mol. The van der Waals surface area contributed by atoms with Gasteiger partial charge in [0.15, 0.2) is 5.96 Å². The molecule has 1 aliphatic rings. The third kappa shape index (κ3) is 18.9. The zero-order valence-corrected chi connectivity index (χ0v) is 32.9. The highest BCUT2D eigenvalue weighted by atomic mass is 16.4. The van der Waals surface area contributed by atoms with Crippen molar-refractivity contribution < 1.29 is 63.0 Å². The minimum Gasteiger partial charge on any atom is -0.481 e. The van der Waals surface area contributed by atoms with Gasteiger partial charge in [-0.3, -0.25) is 57.7 Å². The van der Waals surface area contributed by atoms with Crippen molar-refractivity contribution in [3.05, 3.63) is 0 Å². The molecular formula is C33H55N13O13. The molecule has 1 heterocycles. The Morgan fingerprint density at radius 3 is 1.85 bits per heavy atom. The molecule has 0 aromatic carbocycles. The van der Waals surface area contributed by atoms with Gasteiger partial charge in [-0.2, -0.15) is 0 Å². The topological polar surface area (TPSA) is 432 Å². The van der Waals surface area contributed by atoms with E-state index in [0.717, 1.165) is 4.90 Å². The number of nitrogens with zero attached hydrogens (tertiary/aromatic N) is 2. The second kappa shape index (κ2) is 24.9. The number of hydrogen-bond acceptors (Lipinski definition) is 13. The second-order valence-electron chi connectivity index (χ2n) is 13.5. The van der Waals surface area contributed by atoms with E-state index in [2.05, 4.69) is 42.2 Å². The lowest BCUT2D eigenvalue weighted by molar-refractivity contribution is -0.142. The van der Waals surface area contributed by atoms with Crippen molar-refractivity contribution in [2.45, 2.75) is 108 Å². The lowest BCUT2D eigenvalue weighted by atomic mass is 10.1. The second-order valence-corrected chi connectivity index (χ2v) is 13.5. The Bertz CT molecular complexity index is 1620. The molecule has 7 atom stereocenters. The summed E-state index contributed by atoms with van der Waals surface area (Å²) in [6, 6.07) is -8.90. The van der Waals surface area contributed by atoms with E-state index in [4.69, 9.17) is 33.1 Å². The SMILES string of the molecule is C[C@H](NC(=O)[C@H](C)NC(=O)[C@H](CCCN=C(N)N)NC(=O)[C@@H](N)CC(=O)O)C(=O)NCC(=O)N[C@@H](CCC(N)=O)C(=O)N1CCC[C@H]1C(=O)N[C@@H](C)C(=O)NCC(=O)O. The molecule has 0 aromatic rings. The van der Waals surface area contributed by atoms with Crippen LogP contribution in [0.3, 0.4) is 0 Å². The Labute approximate surface area is 338 Å². The maximum absolute atomic E-state index is 13.6. The zero-order chi connectivity index (χ0) is 45.0. The Kier molecular flexibility index (Phi) is 21.3. The van der Waals surface area contributed by atoms with Crippen molar-refractivity contribution in [2.75, 3.05) is 26.2 Å². The van der Waals surface area contributed by atoms with Crippen LogP contribution in [0.2, 0.25) is 0 Å². The lowest BCUT2D eigenvalue weighted by Gasteiger charge is -2.29. The number of aliphatic imine (C=N–C) groups is 1. The first kappa shape index (κ1) is 50.4. The molecule has 0 radical (unpaired) electrons. The first-order valence-electron chi connectivity index (χ1n) is 18.4. The van der Waals surface area contributed by atoms with Crippen LogP contribution in [0.5, 0.6) is 0 Å². The summed E-state index contributed by atoms with van der Waals surface area (Å²) in [7, 11) is 0. The molecule has 26 nitrogen and oxygen atoms in total. The predicted octanol–water partition coefficient (Wildman–Crippen LogP) is -7.10. The van der Waals surface area contributed by atoms with Crippen LogP contribution in [0.25, 0.3) is 0 Å². The summed E-state index contributed by atoms with van der Waals surface area (Å²) in [4.78, 5) is 141. The smallest absolute Gasteiger partial charge is 0.322 e. The van der Waals surface area contributed by atoms with Crippen molar-refractivity contribution in [1.29, 1.82) is 0 Å². The van der Waals surface area contributed by atoms with Gasteiger partial charge in [0.1, 0.15) is 42.8 Å². The Hall–Kier alpha value is -6.60. The molecule has 1 saturated heterocycles. The van der Waals surface area contributed by atoms with E-state index >= 15 is 0 Å². The highest BCUT2D eigenvalue weighted by Crippen LogP contribution is 2.20. The number of aliphatic carboxylic acids is 2. The molecule has 0 bridgehead atoms. The van der Waals surface area contributed by atoms with Gasteiger partial charge in [-0.05, 0) is 52.9 Å². The van der Waals surface area contributed by atoms with Crippen LogP contribution in [-0.4, -0.2) is 155 Å². The summed E-state index contributed by atoms with van der Waals surface area (Å²) in [6.45, 7) is 2.64. The normalized spacial score (nSPS) is 16.3. The molecule has 0 saturated carbocycles. The van der Waals surface area contributed by atoms with Gasteiger partial charge in [-0.25, -0.2) is 0 Å². The number of carbonyl (C=O) groups is 11. The number of primary amides is 1. The van der Waals surface area contributed by atoms with Gasteiger partial charge in [0.05, 0.1) is 19.0 Å². The number of amides is 9. The standard InChI is InChI=1S/C33H55N13O13/c1-15(41-28(55)17(3)42-30(57)19(6-4-10-38-33(36)37)45-29(56)18(34)12-24(49)50)26(53)39-13-23(48)44-20(8-9-22(35)47)32(59)46-11-5-7-21(46)31(58)43-16(2)27(54)40-14-25(51)52/h15-21H,4-14,34H2,1-3H3,(H2,35,47)(H,39,53)(H,40,54)(H,41,55)(H,42,57)(H,43,58)(H,44,48)(H,45,56)(H,49,50)(H,51,52)(H4,36,37,38)/t15-,16-,17-,18-,19-,20-,21-/m0/s1. The molecule has 0 aromatic heterocycles. The number of nitrogens with two attached hydrogens (primary N) is 4. The number of nitrogens with one attached hydrogen (secondary N) is 7. The van der Waals surface area contributed by atoms with E-state index in [-0.39, 0.29) is 51.2 Å². The molecule has 0 spiro atoms. The molecule has 330 valence electrons. The van der Waals surface area contributed by atoms with Crippen molar-refractivity contribution in [3.63, 3.8) is 0 Å². The van der Waals surface area contributed by atoms with Crippen molar-refractivity contribution >= 4 is 71.1 Å². The van der Waals surface area contributed by atoms with E-state index in [1.807, 2.05) is 0 Å². The molecule has 0 unspecified atom stereocenters. The number of likely N-dealkylation sites (tertiary alicyclic amines) is 1. The molecule has 9 amide bonds. The van der Waals surface area contributed by atoms with Crippen LogP contribution < -0.4 is 60.2 Å². The molecule has 59 heavy (non-hydrogen) atoms. The molecule has 1 aliphatic heterocycles. The van der Waals surface area contributed by atoms with Crippen molar-refractivity contribution in [1.82, 2.24) is 42.1 Å². The minimum absolute atomic E-state index is 0.0385. The van der Waals surface area contributed by atoms with Gasteiger partial charge in [0.2, 0.25) is 53.2 Å². The van der Waals surface area contributed by atoms with Crippen LogP contribution >= 0.6 is 0 Å². The summed E-state index contributed by atoms with van der Waals surface area (Å²) in [5, 5.41) is 34.0. The molecule has 26 heteroatoms. The average Bonchev–Trinajstić information content (AvgIpc) is 3.65. The summed E-state index contributed by atoms with van der Waals surface area (Å²) in [6.07, 6.45) is -0.599. The lowest BCUT2D eigenvalue weighted by Crippen LogP contribution is -2.57. The fourth-order valence-corrected chi connectivity index (χ4v) is 5.42. The Morgan fingerprint density at radius 1 is 0.695 bits per heavy atom. The maximum Gasteiger partial charge on any atom is 0.322 e. The van der Waals surface area contributed by atoms with Crippen LogP contribution in [-0.2, 0) is 52.7 Å². The first-order valence-corrected chi connectivity index (χ1v) is 18.4. The van der Waals surface area contributed by atoms with Gasteiger partial charge in [0.25, 0.3) is 0 Å². The molecule has 0 aliphatic carbocycles. The predicted molar refractivity (Wildman–Crippen MR) is 204 cm³/mol. The fraction of sp³-hybridized carbons (Fsp3) is 0.636. The van der Waals surface area contributed by atoms with Crippen LogP contribution in [0.15, 0.2) is 4.99 Å². The van der Waals surface area contributed by atoms with E-state index in [9.17, 15) is 52.7 Å². The van der Waals surface area contributed by atoms with Gasteiger partial charge >= 0.3 is 11.9 Å².